The van der Waals surface area contributed by atoms with Crippen LogP contribution in [0, 0.1) is 18.3 Å². The molecule has 1 amide bonds. The van der Waals surface area contributed by atoms with Gasteiger partial charge in [-0.2, -0.15) is 5.26 Å². The first-order valence-corrected chi connectivity index (χ1v) is 8.44. The van der Waals surface area contributed by atoms with Crippen LogP contribution in [0.2, 0.25) is 0 Å². The molecule has 1 aromatic heterocycles. The average Bonchev–Trinajstić information content (AvgIpc) is 2.95. The first-order valence-electron chi connectivity index (χ1n) is 7.64. The fourth-order valence-corrected chi connectivity index (χ4v) is 3.26. The predicted octanol–water partition coefficient (Wildman–Crippen LogP) is 3.70. The minimum absolute atomic E-state index is 0.0306. The number of Topliss-reactive ketones (excluding diaryl/α,β-unsaturated/α-hetero) is 1. The fourth-order valence-electron chi connectivity index (χ4n) is 2.62. The average molecular weight is 437 g/mol. The van der Waals surface area contributed by atoms with E-state index in [1.165, 1.54) is 34.3 Å². The Morgan fingerprint density at radius 3 is 2.30 bits per heavy atom. The second-order valence-electron chi connectivity index (χ2n) is 5.37. The van der Waals surface area contributed by atoms with Crippen molar-refractivity contribution in [3.05, 3.63) is 33.0 Å². The number of carbonyl (C=O) groups excluding carboxylic acids is 2. The van der Waals surface area contributed by atoms with Gasteiger partial charge in [0.2, 0.25) is 11.6 Å². The Labute approximate surface area is 164 Å². The number of furan rings is 1. The lowest BCUT2D eigenvalue weighted by Gasteiger charge is -2.16. The first-order chi connectivity index (χ1) is 12.8. The molecule has 9 heteroatoms. The molecule has 0 spiro atoms. The molecular weight excluding hydrogens is 420 g/mol. The van der Waals surface area contributed by atoms with Crippen molar-refractivity contribution in [2.45, 2.75) is 13.8 Å². The lowest BCUT2D eigenvalue weighted by molar-refractivity contribution is 0.101. The molecule has 1 N–H and O–H groups in total. The summed E-state index contributed by atoms with van der Waals surface area (Å²) in [6, 6.07) is 3.34. The van der Waals surface area contributed by atoms with Crippen LogP contribution in [0.25, 0.3) is 0 Å². The van der Waals surface area contributed by atoms with Crippen LogP contribution in [0.1, 0.15) is 39.0 Å². The third-order valence-corrected chi connectivity index (χ3v) is 4.58. The van der Waals surface area contributed by atoms with Gasteiger partial charge in [0.25, 0.3) is 5.91 Å². The Balaban J connectivity index is 2.53. The van der Waals surface area contributed by atoms with Crippen LogP contribution in [0.15, 0.2) is 15.0 Å². The summed E-state index contributed by atoms with van der Waals surface area (Å²) in [4.78, 5) is 24.5. The molecule has 0 unspecified atom stereocenters. The smallest absolute Gasteiger partial charge is 0.259 e. The first kappa shape index (κ1) is 20.3. The number of hydrogen-bond acceptors (Lipinski definition) is 7. The Morgan fingerprint density at radius 1 is 1.19 bits per heavy atom. The SMILES string of the molecule is COc1cc(C(=O)Nc2oc(C)c(C(C)=O)c2C#N)c(Br)c(OC)c1OC. The molecule has 2 aromatic rings. The third-order valence-electron chi connectivity index (χ3n) is 3.79. The molecule has 0 aliphatic heterocycles. The maximum absolute atomic E-state index is 12.8. The summed E-state index contributed by atoms with van der Waals surface area (Å²) < 4.78 is 21.5. The molecular formula is C18H17BrN2O6. The Kier molecular flexibility index (Phi) is 6.13. The highest BCUT2D eigenvalue weighted by molar-refractivity contribution is 9.10. The van der Waals surface area contributed by atoms with Crippen molar-refractivity contribution in [3.8, 4) is 23.3 Å². The minimum Gasteiger partial charge on any atom is -0.493 e. The zero-order valence-corrected chi connectivity index (χ0v) is 16.9. The standard InChI is InChI=1S/C18H17BrN2O6/c1-8(22)13-9(2)27-18(11(13)7-20)21-17(23)10-6-12(24-3)15(25-4)16(26-5)14(10)19/h6H,1-5H3,(H,21,23). The number of ketones is 1. The molecule has 1 heterocycles. The van der Waals surface area contributed by atoms with Gasteiger partial charge in [-0.15, -0.1) is 0 Å². The van der Waals surface area contributed by atoms with Gasteiger partial charge < -0.3 is 18.6 Å². The summed E-state index contributed by atoms with van der Waals surface area (Å²) >= 11 is 3.32. The van der Waals surface area contributed by atoms with Gasteiger partial charge in [-0.05, 0) is 35.8 Å². The summed E-state index contributed by atoms with van der Waals surface area (Å²) in [7, 11) is 4.29. The zero-order chi connectivity index (χ0) is 20.3. The number of hydrogen-bond donors (Lipinski definition) is 1. The van der Waals surface area contributed by atoms with E-state index in [0.29, 0.717) is 10.2 Å². The molecule has 1 aromatic carbocycles. The summed E-state index contributed by atoms with van der Waals surface area (Å²) in [5.74, 6) is 0.0765. The van der Waals surface area contributed by atoms with E-state index in [2.05, 4.69) is 21.2 Å². The molecule has 0 saturated heterocycles. The second kappa shape index (κ2) is 8.14. The van der Waals surface area contributed by atoms with E-state index in [0.717, 1.165) is 0 Å². The number of nitriles is 1. The molecule has 0 saturated carbocycles. The Hall–Kier alpha value is -2.99. The van der Waals surface area contributed by atoms with Crippen LogP contribution in [0.4, 0.5) is 5.88 Å². The number of halogens is 1. The van der Waals surface area contributed by atoms with Gasteiger partial charge in [0.15, 0.2) is 17.3 Å². The number of nitrogens with zero attached hydrogens (tertiary/aromatic N) is 1. The van der Waals surface area contributed by atoms with Crippen molar-refractivity contribution in [1.82, 2.24) is 0 Å². The van der Waals surface area contributed by atoms with E-state index >= 15 is 0 Å². The number of ether oxygens (including phenoxy) is 3. The molecule has 0 fully saturated rings. The van der Waals surface area contributed by atoms with Crippen LogP contribution >= 0.6 is 15.9 Å². The zero-order valence-electron chi connectivity index (χ0n) is 15.4. The van der Waals surface area contributed by atoms with Crippen LogP contribution in [-0.2, 0) is 0 Å². The highest BCUT2D eigenvalue weighted by Gasteiger charge is 2.26. The molecule has 0 radical (unpaired) electrons. The van der Waals surface area contributed by atoms with Crippen LogP contribution in [0.3, 0.4) is 0 Å². The number of amides is 1. The Bertz CT molecular complexity index is 958. The Morgan fingerprint density at radius 2 is 1.81 bits per heavy atom. The number of aryl methyl sites for hydroxylation is 1. The van der Waals surface area contributed by atoms with E-state index in [9.17, 15) is 14.9 Å². The molecule has 0 aliphatic carbocycles. The normalized spacial score (nSPS) is 10.1. The number of nitrogens with one attached hydrogen (secondary N) is 1. The quantitative estimate of drug-likeness (QED) is 0.686. The van der Waals surface area contributed by atoms with E-state index < -0.39 is 5.91 Å². The minimum atomic E-state index is -0.596. The number of rotatable bonds is 6. The number of benzene rings is 1. The van der Waals surface area contributed by atoms with Gasteiger partial charge in [-0.1, -0.05) is 0 Å². The second-order valence-corrected chi connectivity index (χ2v) is 6.16. The molecule has 142 valence electrons. The van der Waals surface area contributed by atoms with Crippen LogP contribution in [-0.4, -0.2) is 33.0 Å². The van der Waals surface area contributed by atoms with Gasteiger partial charge in [0, 0.05) is 0 Å². The molecule has 8 nitrogen and oxygen atoms in total. The monoisotopic (exact) mass is 436 g/mol. The van der Waals surface area contributed by atoms with Crippen LogP contribution < -0.4 is 19.5 Å². The fraction of sp³-hybridized carbons (Fsp3) is 0.278. The van der Waals surface area contributed by atoms with E-state index in [1.54, 1.807) is 6.92 Å². The molecule has 27 heavy (non-hydrogen) atoms. The van der Waals surface area contributed by atoms with E-state index in [1.807, 2.05) is 6.07 Å². The van der Waals surface area contributed by atoms with Gasteiger partial charge in [0.1, 0.15) is 17.4 Å². The van der Waals surface area contributed by atoms with Gasteiger partial charge in [-0.3, -0.25) is 14.9 Å². The van der Waals surface area contributed by atoms with Crippen molar-refractivity contribution < 1.29 is 28.2 Å². The number of carbonyl (C=O) groups is 2. The van der Waals surface area contributed by atoms with Crippen molar-refractivity contribution >= 4 is 33.5 Å². The van der Waals surface area contributed by atoms with Crippen LogP contribution in [0.5, 0.6) is 17.2 Å². The molecule has 0 atom stereocenters. The van der Waals surface area contributed by atoms with Crippen molar-refractivity contribution in [2.75, 3.05) is 26.6 Å². The van der Waals surface area contributed by atoms with E-state index in [4.69, 9.17) is 18.6 Å². The van der Waals surface area contributed by atoms with Crippen molar-refractivity contribution in [3.63, 3.8) is 0 Å². The van der Waals surface area contributed by atoms with Crippen molar-refractivity contribution in [1.29, 1.82) is 5.26 Å². The lowest BCUT2D eigenvalue weighted by atomic mass is 10.1. The largest absolute Gasteiger partial charge is 0.493 e. The lowest BCUT2D eigenvalue weighted by Crippen LogP contribution is -2.14. The van der Waals surface area contributed by atoms with Crippen molar-refractivity contribution in [2.24, 2.45) is 0 Å². The molecule has 2 rings (SSSR count). The summed E-state index contributed by atoms with van der Waals surface area (Å²) in [5, 5.41) is 11.9. The molecule has 0 aliphatic rings. The van der Waals surface area contributed by atoms with E-state index in [-0.39, 0.29) is 45.6 Å². The molecule has 0 bridgehead atoms. The topological polar surface area (TPSA) is 111 Å². The van der Waals surface area contributed by atoms with Gasteiger partial charge in [0.05, 0.1) is 36.9 Å². The highest BCUT2D eigenvalue weighted by Crippen LogP contribution is 2.45. The maximum Gasteiger partial charge on any atom is 0.259 e. The van der Waals surface area contributed by atoms with Gasteiger partial charge >= 0.3 is 0 Å². The highest BCUT2D eigenvalue weighted by atomic mass is 79.9. The number of methoxy groups -OCH3 is 3. The van der Waals surface area contributed by atoms with Gasteiger partial charge in [-0.25, -0.2) is 0 Å². The third kappa shape index (κ3) is 3.61. The number of anilines is 1. The predicted molar refractivity (Wildman–Crippen MR) is 99.9 cm³/mol. The summed E-state index contributed by atoms with van der Waals surface area (Å²) in [5.41, 5.74) is 0.264. The summed E-state index contributed by atoms with van der Waals surface area (Å²) in [6.07, 6.45) is 0. The maximum atomic E-state index is 12.8. The summed E-state index contributed by atoms with van der Waals surface area (Å²) in [6.45, 7) is 2.86.